The Bertz CT molecular complexity index is 443. The summed E-state index contributed by atoms with van der Waals surface area (Å²) in [5.74, 6) is 0.811. The molecule has 1 fully saturated rings. The third-order valence-electron chi connectivity index (χ3n) is 3.11. The molecule has 17 heavy (non-hydrogen) atoms. The standard InChI is InChI=1S/C11H16N4OS/c1-2-16-7-10-12-13-11-15(10)14-8-5-3-4-6-9(8)17-11/h9H,2-7H2,1H3. The van der Waals surface area contributed by atoms with Gasteiger partial charge in [-0.25, -0.2) is 0 Å². The smallest absolute Gasteiger partial charge is 0.212 e. The van der Waals surface area contributed by atoms with Crippen molar-refractivity contribution in [3.05, 3.63) is 5.82 Å². The molecule has 1 saturated carbocycles. The molecule has 1 unspecified atom stereocenters. The van der Waals surface area contributed by atoms with E-state index in [4.69, 9.17) is 4.74 Å². The van der Waals surface area contributed by atoms with E-state index in [2.05, 4.69) is 15.3 Å². The van der Waals surface area contributed by atoms with Crippen molar-refractivity contribution in [2.75, 3.05) is 6.61 Å². The Morgan fingerprint density at radius 2 is 2.35 bits per heavy atom. The fourth-order valence-electron chi connectivity index (χ4n) is 2.21. The van der Waals surface area contributed by atoms with E-state index in [-0.39, 0.29) is 0 Å². The Balaban J connectivity index is 1.87. The molecular weight excluding hydrogens is 236 g/mol. The molecule has 0 saturated heterocycles. The zero-order valence-corrected chi connectivity index (χ0v) is 10.7. The lowest BCUT2D eigenvalue weighted by Crippen LogP contribution is -2.26. The van der Waals surface area contributed by atoms with Gasteiger partial charge in [-0.05, 0) is 26.2 Å². The van der Waals surface area contributed by atoms with E-state index in [1.807, 2.05) is 11.6 Å². The molecule has 2 heterocycles. The fraction of sp³-hybridized carbons (Fsp3) is 0.727. The Hall–Kier alpha value is -0.880. The highest BCUT2D eigenvalue weighted by atomic mass is 32.2. The zero-order valence-electron chi connectivity index (χ0n) is 9.93. The van der Waals surface area contributed by atoms with Gasteiger partial charge in [-0.1, -0.05) is 18.2 Å². The van der Waals surface area contributed by atoms with Crippen molar-refractivity contribution in [1.29, 1.82) is 0 Å². The van der Waals surface area contributed by atoms with E-state index in [0.717, 1.165) is 17.4 Å². The van der Waals surface area contributed by atoms with Crippen LogP contribution in [0.5, 0.6) is 0 Å². The van der Waals surface area contributed by atoms with Crippen molar-refractivity contribution in [2.45, 2.75) is 49.6 Å². The maximum atomic E-state index is 5.38. The predicted molar refractivity (Wildman–Crippen MR) is 66.3 cm³/mol. The number of aromatic nitrogens is 3. The molecule has 1 aromatic rings. The third-order valence-corrected chi connectivity index (χ3v) is 4.37. The highest BCUT2D eigenvalue weighted by molar-refractivity contribution is 8.00. The minimum atomic E-state index is 0.492. The highest BCUT2D eigenvalue weighted by Crippen LogP contribution is 2.35. The number of thioether (sulfide) groups is 1. The topological polar surface area (TPSA) is 52.3 Å². The molecule has 92 valence electrons. The number of fused-ring (bicyclic) bond motifs is 2. The summed E-state index contributed by atoms with van der Waals surface area (Å²) in [5.41, 5.74) is 1.30. The van der Waals surface area contributed by atoms with Crippen molar-refractivity contribution >= 4 is 17.5 Å². The highest BCUT2D eigenvalue weighted by Gasteiger charge is 2.29. The van der Waals surface area contributed by atoms with Gasteiger partial charge < -0.3 is 4.74 Å². The number of nitrogens with zero attached hydrogens (tertiary/aromatic N) is 4. The van der Waals surface area contributed by atoms with Gasteiger partial charge in [0.25, 0.3) is 0 Å². The zero-order chi connectivity index (χ0) is 11.7. The van der Waals surface area contributed by atoms with Crippen LogP contribution in [-0.2, 0) is 11.3 Å². The van der Waals surface area contributed by atoms with Crippen LogP contribution in [0.15, 0.2) is 10.3 Å². The summed E-state index contributed by atoms with van der Waals surface area (Å²) < 4.78 is 7.24. The van der Waals surface area contributed by atoms with Gasteiger partial charge in [0.1, 0.15) is 6.61 Å². The molecule has 0 aromatic carbocycles. The first-order chi connectivity index (χ1) is 8.38. The first kappa shape index (κ1) is 11.2. The maximum absolute atomic E-state index is 5.38. The molecule has 2 aliphatic rings. The Labute approximate surface area is 105 Å². The largest absolute Gasteiger partial charge is 0.374 e. The average Bonchev–Trinajstić information content (AvgIpc) is 2.76. The molecule has 6 heteroatoms. The molecule has 1 atom stereocenters. The second kappa shape index (κ2) is 4.78. The van der Waals surface area contributed by atoms with Crippen LogP contribution in [0.2, 0.25) is 0 Å². The summed E-state index contributed by atoms with van der Waals surface area (Å²) in [5, 5.41) is 14.5. The Kier molecular flexibility index (Phi) is 3.15. The van der Waals surface area contributed by atoms with Crippen LogP contribution in [0.1, 0.15) is 38.4 Å². The van der Waals surface area contributed by atoms with Crippen molar-refractivity contribution in [3.63, 3.8) is 0 Å². The molecule has 0 bridgehead atoms. The molecular formula is C11H16N4OS. The minimum Gasteiger partial charge on any atom is -0.374 e. The predicted octanol–water partition coefficient (Wildman–Crippen LogP) is 2.07. The Morgan fingerprint density at radius 1 is 1.41 bits per heavy atom. The van der Waals surface area contributed by atoms with E-state index < -0.39 is 0 Å². The fourth-order valence-corrected chi connectivity index (χ4v) is 3.39. The van der Waals surface area contributed by atoms with Crippen LogP contribution in [-0.4, -0.2) is 32.4 Å². The molecule has 1 aromatic heterocycles. The third kappa shape index (κ3) is 2.11. The van der Waals surface area contributed by atoms with Gasteiger partial charge in [0.05, 0.1) is 11.0 Å². The molecule has 1 aliphatic heterocycles. The SMILES string of the molecule is CCOCc1nnc2n1N=C1CCCCC1S2. The number of ether oxygens (including phenoxy) is 1. The van der Waals surface area contributed by atoms with Crippen LogP contribution in [0.3, 0.4) is 0 Å². The molecule has 5 nitrogen and oxygen atoms in total. The summed E-state index contributed by atoms with van der Waals surface area (Å²) in [6.45, 7) is 3.16. The van der Waals surface area contributed by atoms with E-state index in [1.165, 1.54) is 25.0 Å². The maximum Gasteiger partial charge on any atom is 0.212 e. The Morgan fingerprint density at radius 3 is 3.24 bits per heavy atom. The van der Waals surface area contributed by atoms with Crippen LogP contribution in [0.25, 0.3) is 0 Å². The second-order valence-electron chi connectivity index (χ2n) is 4.29. The summed E-state index contributed by atoms with van der Waals surface area (Å²) >= 11 is 1.80. The summed E-state index contributed by atoms with van der Waals surface area (Å²) in [6, 6.07) is 0. The second-order valence-corrected chi connectivity index (χ2v) is 5.46. The number of rotatable bonds is 3. The van der Waals surface area contributed by atoms with Crippen molar-refractivity contribution in [2.24, 2.45) is 5.10 Å². The van der Waals surface area contributed by atoms with Crippen LogP contribution < -0.4 is 0 Å². The van der Waals surface area contributed by atoms with Gasteiger partial charge in [0, 0.05) is 6.61 Å². The van der Waals surface area contributed by atoms with E-state index in [9.17, 15) is 0 Å². The average molecular weight is 252 g/mol. The first-order valence-electron chi connectivity index (χ1n) is 6.15. The van der Waals surface area contributed by atoms with Gasteiger partial charge in [-0.3, -0.25) is 0 Å². The lowest BCUT2D eigenvalue weighted by Gasteiger charge is -2.26. The van der Waals surface area contributed by atoms with E-state index in [0.29, 0.717) is 18.5 Å². The van der Waals surface area contributed by atoms with Gasteiger partial charge in [-0.15, -0.1) is 10.2 Å². The normalized spacial score (nSPS) is 22.9. The van der Waals surface area contributed by atoms with E-state index >= 15 is 0 Å². The summed E-state index contributed by atoms with van der Waals surface area (Å²) in [6.07, 6.45) is 4.89. The molecule has 0 N–H and O–H groups in total. The van der Waals surface area contributed by atoms with Gasteiger partial charge >= 0.3 is 0 Å². The summed E-state index contributed by atoms with van der Waals surface area (Å²) in [7, 11) is 0. The lowest BCUT2D eigenvalue weighted by atomic mass is 9.98. The molecule has 0 radical (unpaired) electrons. The number of hydrogen-bond donors (Lipinski definition) is 0. The van der Waals surface area contributed by atoms with Gasteiger partial charge in [-0.2, -0.15) is 9.78 Å². The first-order valence-corrected chi connectivity index (χ1v) is 7.03. The molecule has 0 amide bonds. The lowest BCUT2D eigenvalue weighted by molar-refractivity contribution is 0.125. The summed E-state index contributed by atoms with van der Waals surface area (Å²) in [4.78, 5) is 0. The molecule has 0 spiro atoms. The molecule has 1 aliphatic carbocycles. The van der Waals surface area contributed by atoms with Gasteiger partial charge in [0.15, 0.2) is 5.82 Å². The van der Waals surface area contributed by atoms with Crippen molar-refractivity contribution < 1.29 is 4.74 Å². The number of hydrogen-bond acceptors (Lipinski definition) is 5. The van der Waals surface area contributed by atoms with Crippen LogP contribution in [0, 0.1) is 0 Å². The van der Waals surface area contributed by atoms with Gasteiger partial charge in [0.2, 0.25) is 5.16 Å². The molecule has 3 rings (SSSR count). The van der Waals surface area contributed by atoms with E-state index in [1.54, 1.807) is 11.8 Å². The monoisotopic (exact) mass is 252 g/mol. The minimum absolute atomic E-state index is 0.492. The van der Waals surface area contributed by atoms with Crippen LogP contribution in [0.4, 0.5) is 0 Å². The van der Waals surface area contributed by atoms with Crippen molar-refractivity contribution in [3.8, 4) is 0 Å². The van der Waals surface area contributed by atoms with Crippen LogP contribution >= 0.6 is 11.8 Å². The van der Waals surface area contributed by atoms with Crippen molar-refractivity contribution in [1.82, 2.24) is 14.9 Å². The quantitative estimate of drug-likeness (QED) is 0.826.